The molecule has 0 saturated carbocycles. The van der Waals surface area contributed by atoms with Crippen molar-refractivity contribution in [3.8, 4) is 11.5 Å². The van der Waals surface area contributed by atoms with Gasteiger partial charge in [0.15, 0.2) is 12.6 Å². The van der Waals surface area contributed by atoms with Crippen LogP contribution in [0.3, 0.4) is 0 Å². The lowest BCUT2D eigenvalue weighted by Crippen LogP contribution is -2.00. The van der Waals surface area contributed by atoms with Gasteiger partial charge in [-0.15, -0.1) is 0 Å². The summed E-state index contributed by atoms with van der Waals surface area (Å²) in [6.45, 7) is 3.70. The molecule has 4 heteroatoms. The van der Waals surface area contributed by atoms with E-state index in [9.17, 15) is 19.8 Å². The number of aryl methyl sites for hydroxylation is 2. The molecule has 0 atom stereocenters. The van der Waals surface area contributed by atoms with Gasteiger partial charge in [-0.3, -0.25) is 9.59 Å². The van der Waals surface area contributed by atoms with E-state index < -0.39 is 0 Å². The molecule has 1 aliphatic carbocycles. The molecular weight excluding hydrogens is 328 g/mol. The van der Waals surface area contributed by atoms with E-state index >= 15 is 0 Å². The molecule has 0 spiro atoms. The maximum absolute atomic E-state index is 11.4. The van der Waals surface area contributed by atoms with Crippen LogP contribution in [0.2, 0.25) is 0 Å². The van der Waals surface area contributed by atoms with Gasteiger partial charge in [-0.25, -0.2) is 0 Å². The second-order valence-electron chi connectivity index (χ2n) is 6.86. The quantitative estimate of drug-likeness (QED) is 0.779. The highest BCUT2D eigenvalue weighted by Crippen LogP contribution is 2.38. The van der Waals surface area contributed by atoms with E-state index in [4.69, 9.17) is 0 Å². The number of hydrogen-bond acceptors (Lipinski definition) is 4. The highest BCUT2D eigenvalue weighted by Gasteiger charge is 2.18. The first-order chi connectivity index (χ1) is 12.5. The third-order valence-electron chi connectivity index (χ3n) is 5.20. The predicted molar refractivity (Wildman–Crippen MR) is 102 cm³/mol. The normalized spacial score (nSPS) is 17.2. The summed E-state index contributed by atoms with van der Waals surface area (Å²) in [5, 5.41) is 21.0. The van der Waals surface area contributed by atoms with E-state index in [1.54, 1.807) is 12.1 Å². The Morgan fingerprint density at radius 2 is 1.12 bits per heavy atom. The molecule has 0 aliphatic heterocycles. The number of benzene rings is 2. The van der Waals surface area contributed by atoms with Gasteiger partial charge in [0.25, 0.3) is 0 Å². The number of aldehydes is 2. The van der Waals surface area contributed by atoms with Gasteiger partial charge in [0.1, 0.15) is 11.5 Å². The van der Waals surface area contributed by atoms with Crippen LogP contribution in [-0.2, 0) is 12.8 Å². The van der Waals surface area contributed by atoms with Crippen LogP contribution in [0, 0.1) is 0 Å². The average molecular weight is 350 g/mol. The lowest BCUT2D eigenvalue weighted by Gasteiger charge is -2.17. The minimum Gasteiger partial charge on any atom is -0.507 e. The largest absolute Gasteiger partial charge is 0.507 e. The Bertz CT molecular complexity index is 847. The molecule has 4 nitrogen and oxygen atoms in total. The van der Waals surface area contributed by atoms with Crippen LogP contribution in [0.1, 0.15) is 69.7 Å². The van der Waals surface area contributed by atoms with Crippen molar-refractivity contribution in [3.63, 3.8) is 0 Å². The monoisotopic (exact) mass is 350 g/mol. The molecule has 0 fully saturated rings. The molecule has 2 aromatic rings. The molecule has 0 heterocycles. The molecule has 2 N–H and O–H groups in total. The summed E-state index contributed by atoms with van der Waals surface area (Å²) in [6.07, 6.45) is 4.81. The van der Waals surface area contributed by atoms with Crippen LogP contribution in [0.25, 0.3) is 11.1 Å². The predicted octanol–water partition coefficient (Wildman–Crippen LogP) is 4.55. The highest BCUT2D eigenvalue weighted by atomic mass is 16.3. The van der Waals surface area contributed by atoms with Gasteiger partial charge in [0.05, 0.1) is 11.1 Å². The number of fused-ring (bicyclic) bond motifs is 4. The van der Waals surface area contributed by atoms with Gasteiger partial charge in [-0.05, 0) is 86.1 Å². The summed E-state index contributed by atoms with van der Waals surface area (Å²) in [6, 6.07) is 7.29. The lowest BCUT2D eigenvalue weighted by molar-refractivity contribution is 0.111. The van der Waals surface area contributed by atoms with Gasteiger partial charge in [-0.1, -0.05) is 0 Å². The van der Waals surface area contributed by atoms with Crippen LogP contribution in [0.4, 0.5) is 0 Å². The first kappa shape index (κ1) is 17.9. The topological polar surface area (TPSA) is 74.6 Å². The molecule has 0 aromatic heterocycles. The molecule has 0 radical (unpaired) electrons. The van der Waals surface area contributed by atoms with E-state index in [1.807, 2.05) is 26.0 Å². The Kier molecular flexibility index (Phi) is 4.94. The van der Waals surface area contributed by atoms with Crippen LogP contribution >= 0.6 is 0 Å². The van der Waals surface area contributed by atoms with Gasteiger partial charge >= 0.3 is 0 Å². The van der Waals surface area contributed by atoms with Gasteiger partial charge in [-0.2, -0.15) is 0 Å². The molecule has 134 valence electrons. The first-order valence-corrected chi connectivity index (χ1v) is 8.76. The van der Waals surface area contributed by atoms with E-state index in [-0.39, 0.29) is 22.6 Å². The summed E-state index contributed by atoms with van der Waals surface area (Å²) in [7, 11) is 0. The zero-order valence-corrected chi connectivity index (χ0v) is 15.0. The first-order valence-electron chi connectivity index (χ1n) is 8.76. The number of rotatable bonds is 2. The standard InChI is InChI=1S/C22H22O4/c1-13-14(2)20-10-16(8-18(12-24)22(20)26)6-4-3-5-15-7-17(11-23)21(25)19(13)9-15/h7-12,25-26H,3-6H2,1-2H3/b14-13-. The SMILES string of the molecule is C/C1=C(\C)c2cc(cc(C=O)c2O)CCCCc2cc(C=O)c(O)c1c2. The molecule has 0 amide bonds. The Balaban J connectivity index is 2.32. The second-order valence-corrected chi connectivity index (χ2v) is 6.86. The van der Waals surface area contributed by atoms with Crippen molar-refractivity contribution in [2.75, 3.05) is 0 Å². The molecule has 26 heavy (non-hydrogen) atoms. The highest BCUT2D eigenvalue weighted by molar-refractivity contribution is 5.96. The van der Waals surface area contributed by atoms with E-state index in [2.05, 4.69) is 0 Å². The van der Waals surface area contributed by atoms with E-state index in [0.717, 1.165) is 48.0 Å². The summed E-state index contributed by atoms with van der Waals surface area (Å²) in [4.78, 5) is 22.7. The van der Waals surface area contributed by atoms with Crippen molar-refractivity contribution >= 4 is 23.7 Å². The number of carbonyl (C=O) groups excluding carboxylic acids is 2. The number of allylic oxidation sites excluding steroid dienone is 2. The van der Waals surface area contributed by atoms with Crippen LogP contribution < -0.4 is 0 Å². The molecule has 0 unspecified atom stereocenters. The third kappa shape index (κ3) is 3.15. The Morgan fingerprint density at radius 3 is 1.46 bits per heavy atom. The summed E-state index contributed by atoms with van der Waals surface area (Å²) in [5.41, 5.74) is 5.25. The zero-order valence-electron chi connectivity index (χ0n) is 15.0. The zero-order chi connectivity index (χ0) is 18.8. The maximum Gasteiger partial charge on any atom is 0.153 e. The molecule has 3 rings (SSSR count). The minimum atomic E-state index is -0.0519. The van der Waals surface area contributed by atoms with Crippen molar-refractivity contribution in [2.45, 2.75) is 39.5 Å². The summed E-state index contributed by atoms with van der Waals surface area (Å²) < 4.78 is 0. The number of phenolic OH excluding ortho intramolecular Hbond substituents is 2. The van der Waals surface area contributed by atoms with Gasteiger partial charge < -0.3 is 10.2 Å². The Hall–Kier alpha value is -2.88. The third-order valence-corrected chi connectivity index (χ3v) is 5.20. The second kappa shape index (κ2) is 7.16. The van der Waals surface area contributed by atoms with Crippen LogP contribution in [0.5, 0.6) is 11.5 Å². The maximum atomic E-state index is 11.4. The summed E-state index contributed by atoms with van der Waals surface area (Å²) in [5.74, 6) is -0.104. The number of aromatic hydroxyl groups is 2. The smallest absolute Gasteiger partial charge is 0.153 e. The molecule has 0 saturated heterocycles. The average Bonchev–Trinajstić information content (AvgIpc) is 2.65. The van der Waals surface area contributed by atoms with Crippen LogP contribution in [-0.4, -0.2) is 22.8 Å². The van der Waals surface area contributed by atoms with Crippen molar-refractivity contribution < 1.29 is 19.8 Å². The summed E-state index contributed by atoms with van der Waals surface area (Å²) >= 11 is 0. The Labute approximate surface area is 152 Å². The van der Waals surface area contributed by atoms with Gasteiger partial charge in [0, 0.05) is 11.1 Å². The fourth-order valence-electron chi connectivity index (χ4n) is 3.54. The van der Waals surface area contributed by atoms with Crippen molar-refractivity contribution in [3.05, 3.63) is 57.6 Å². The molecular formula is C22H22O4. The number of carbonyl (C=O) groups is 2. The van der Waals surface area contributed by atoms with Crippen molar-refractivity contribution in [1.29, 1.82) is 0 Å². The molecule has 4 bridgehead atoms. The van der Waals surface area contributed by atoms with Crippen molar-refractivity contribution in [1.82, 2.24) is 0 Å². The van der Waals surface area contributed by atoms with Gasteiger partial charge in [0.2, 0.25) is 0 Å². The fraction of sp³-hybridized carbons (Fsp3) is 0.273. The van der Waals surface area contributed by atoms with E-state index in [0.29, 0.717) is 23.7 Å². The number of hydrogen-bond donors (Lipinski definition) is 2. The number of phenols is 2. The Morgan fingerprint density at radius 1 is 0.731 bits per heavy atom. The minimum absolute atomic E-state index is 0.0519. The van der Waals surface area contributed by atoms with E-state index in [1.165, 1.54) is 0 Å². The molecule has 2 aromatic carbocycles. The fourth-order valence-corrected chi connectivity index (χ4v) is 3.54. The lowest BCUT2D eigenvalue weighted by atomic mass is 9.89. The van der Waals surface area contributed by atoms with Crippen molar-refractivity contribution in [2.24, 2.45) is 0 Å². The van der Waals surface area contributed by atoms with Crippen LogP contribution in [0.15, 0.2) is 24.3 Å². The molecule has 1 aliphatic rings.